The van der Waals surface area contributed by atoms with E-state index in [1.807, 2.05) is 4.90 Å². The molecule has 0 unspecified atom stereocenters. The molecule has 2 rings (SSSR count). The quantitative estimate of drug-likeness (QED) is 0.783. The number of hydrogen-bond donors (Lipinski definition) is 1. The average Bonchev–Trinajstić information content (AvgIpc) is 2.77. The van der Waals surface area contributed by atoms with Crippen molar-refractivity contribution in [2.24, 2.45) is 11.1 Å². The molecule has 18 heavy (non-hydrogen) atoms. The van der Waals surface area contributed by atoms with Crippen LogP contribution in [0, 0.1) is 5.41 Å². The highest BCUT2D eigenvalue weighted by Crippen LogP contribution is 2.40. The monoisotopic (exact) mass is 268 g/mol. The molecular formula is C14H24N2OS. The summed E-state index contributed by atoms with van der Waals surface area (Å²) in [7, 11) is 0. The van der Waals surface area contributed by atoms with Gasteiger partial charge in [-0.3, -0.25) is 4.79 Å². The van der Waals surface area contributed by atoms with Gasteiger partial charge in [-0.1, -0.05) is 44.3 Å². The number of carbonyl (C=O) groups excluding carboxylic acids is 1. The van der Waals surface area contributed by atoms with Crippen molar-refractivity contribution in [3.8, 4) is 0 Å². The first-order chi connectivity index (χ1) is 8.67. The maximum Gasteiger partial charge on any atom is 0.235 e. The molecule has 102 valence electrons. The maximum atomic E-state index is 12.8. The average molecular weight is 268 g/mol. The maximum absolute atomic E-state index is 12.8. The van der Waals surface area contributed by atoms with Gasteiger partial charge in [0.25, 0.3) is 0 Å². The lowest BCUT2D eigenvalue weighted by Gasteiger charge is -2.34. The molecular weight excluding hydrogens is 244 g/mol. The van der Waals surface area contributed by atoms with Crippen LogP contribution < -0.4 is 5.73 Å². The number of thiocarbonyl (C=S) groups is 1. The van der Waals surface area contributed by atoms with E-state index in [9.17, 15) is 4.79 Å². The van der Waals surface area contributed by atoms with E-state index in [2.05, 4.69) is 0 Å². The van der Waals surface area contributed by atoms with E-state index in [0.717, 1.165) is 51.6 Å². The molecule has 0 aromatic carbocycles. The Morgan fingerprint density at radius 2 is 1.44 bits per heavy atom. The van der Waals surface area contributed by atoms with E-state index in [1.165, 1.54) is 19.3 Å². The van der Waals surface area contributed by atoms with Crippen LogP contribution in [0.4, 0.5) is 0 Å². The molecule has 1 saturated carbocycles. The van der Waals surface area contributed by atoms with E-state index in [-0.39, 0.29) is 5.91 Å². The molecule has 0 bridgehead atoms. The summed E-state index contributed by atoms with van der Waals surface area (Å²) in [4.78, 5) is 15.2. The van der Waals surface area contributed by atoms with Gasteiger partial charge in [-0.2, -0.15) is 0 Å². The fraction of sp³-hybridized carbons (Fsp3) is 0.857. The van der Waals surface area contributed by atoms with Gasteiger partial charge in [-0.25, -0.2) is 0 Å². The van der Waals surface area contributed by atoms with Crippen LogP contribution in [-0.4, -0.2) is 28.9 Å². The molecule has 3 nitrogen and oxygen atoms in total. The molecule has 0 radical (unpaired) electrons. The Morgan fingerprint density at radius 1 is 0.944 bits per heavy atom. The summed E-state index contributed by atoms with van der Waals surface area (Å²) in [5.41, 5.74) is 5.39. The summed E-state index contributed by atoms with van der Waals surface area (Å²) in [5, 5.41) is 0. The van der Waals surface area contributed by atoms with Crippen molar-refractivity contribution in [3.63, 3.8) is 0 Å². The Morgan fingerprint density at radius 3 is 1.94 bits per heavy atom. The second-order valence-corrected chi connectivity index (χ2v) is 6.15. The minimum atomic E-state index is -0.505. The van der Waals surface area contributed by atoms with Gasteiger partial charge in [0.1, 0.15) is 0 Å². The van der Waals surface area contributed by atoms with Crippen molar-refractivity contribution < 1.29 is 4.79 Å². The lowest BCUT2D eigenvalue weighted by molar-refractivity contribution is -0.138. The standard InChI is InChI=1S/C14H24N2OS/c15-12(18)14(8-4-5-9-14)13(17)16-10-6-2-1-3-7-11-16/h1-11H2,(H2,15,18). The Hall–Kier alpha value is -0.640. The summed E-state index contributed by atoms with van der Waals surface area (Å²) in [6.45, 7) is 1.78. The van der Waals surface area contributed by atoms with Crippen molar-refractivity contribution in [1.29, 1.82) is 0 Å². The summed E-state index contributed by atoms with van der Waals surface area (Å²) in [6.07, 6.45) is 9.91. The summed E-state index contributed by atoms with van der Waals surface area (Å²) >= 11 is 5.20. The van der Waals surface area contributed by atoms with Crippen LogP contribution in [0.3, 0.4) is 0 Å². The number of amides is 1. The van der Waals surface area contributed by atoms with E-state index in [4.69, 9.17) is 18.0 Å². The first kappa shape index (κ1) is 13.8. The van der Waals surface area contributed by atoms with Crippen molar-refractivity contribution >= 4 is 23.1 Å². The summed E-state index contributed by atoms with van der Waals surface area (Å²) < 4.78 is 0. The zero-order valence-corrected chi connectivity index (χ0v) is 11.9. The third-order valence-electron chi connectivity index (χ3n) is 4.48. The highest BCUT2D eigenvalue weighted by molar-refractivity contribution is 7.80. The topological polar surface area (TPSA) is 46.3 Å². The zero-order valence-electron chi connectivity index (χ0n) is 11.1. The van der Waals surface area contributed by atoms with Crippen molar-refractivity contribution in [2.75, 3.05) is 13.1 Å². The molecule has 4 heteroatoms. The Balaban J connectivity index is 2.09. The largest absolute Gasteiger partial charge is 0.392 e. The van der Waals surface area contributed by atoms with E-state index in [0.29, 0.717) is 4.99 Å². The molecule has 0 aromatic heterocycles. The van der Waals surface area contributed by atoms with Gasteiger partial charge in [-0.15, -0.1) is 0 Å². The van der Waals surface area contributed by atoms with E-state index < -0.39 is 5.41 Å². The Labute approximate surface area is 115 Å². The number of carbonyl (C=O) groups is 1. The molecule has 1 saturated heterocycles. The predicted molar refractivity (Wildman–Crippen MR) is 77.4 cm³/mol. The van der Waals surface area contributed by atoms with E-state index in [1.54, 1.807) is 0 Å². The van der Waals surface area contributed by atoms with Crippen molar-refractivity contribution in [2.45, 2.75) is 57.8 Å². The summed E-state index contributed by atoms with van der Waals surface area (Å²) in [5.74, 6) is 0.217. The first-order valence-electron chi connectivity index (χ1n) is 7.26. The third-order valence-corrected chi connectivity index (χ3v) is 4.87. The van der Waals surface area contributed by atoms with Gasteiger partial charge < -0.3 is 10.6 Å². The lowest BCUT2D eigenvalue weighted by Crippen LogP contribution is -2.50. The minimum absolute atomic E-state index is 0.217. The Bertz CT molecular complexity index is 316. The van der Waals surface area contributed by atoms with E-state index >= 15 is 0 Å². The van der Waals surface area contributed by atoms with Crippen molar-refractivity contribution in [3.05, 3.63) is 0 Å². The number of likely N-dealkylation sites (tertiary alicyclic amines) is 1. The third kappa shape index (κ3) is 2.68. The van der Waals surface area contributed by atoms with Crippen LogP contribution in [0.1, 0.15) is 57.8 Å². The number of hydrogen-bond acceptors (Lipinski definition) is 2. The highest BCUT2D eigenvalue weighted by atomic mass is 32.1. The van der Waals surface area contributed by atoms with Gasteiger partial charge in [0, 0.05) is 13.1 Å². The molecule has 0 atom stereocenters. The second kappa shape index (κ2) is 6.00. The van der Waals surface area contributed by atoms with Crippen LogP contribution >= 0.6 is 12.2 Å². The normalized spacial score (nSPS) is 24.3. The second-order valence-electron chi connectivity index (χ2n) is 5.71. The molecule has 0 aromatic rings. The van der Waals surface area contributed by atoms with Crippen LogP contribution in [-0.2, 0) is 4.79 Å². The minimum Gasteiger partial charge on any atom is -0.392 e. The number of rotatable bonds is 2. The fourth-order valence-corrected chi connectivity index (χ4v) is 3.59. The molecule has 1 heterocycles. The van der Waals surface area contributed by atoms with Gasteiger partial charge in [0.2, 0.25) is 5.91 Å². The molecule has 0 spiro atoms. The lowest BCUT2D eigenvalue weighted by atomic mass is 9.84. The predicted octanol–water partition coefficient (Wildman–Crippen LogP) is 2.63. The number of nitrogens with zero attached hydrogens (tertiary/aromatic N) is 1. The van der Waals surface area contributed by atoms with Gasteiger partial charge in [0.05, 0.1) is 10.4 Å². The smallest absolute Gasteiger partial charge is 0.235 e. The van der Waals surface area contributed by atoms with Crippen LogP contribution in [0.15, 0.2) is 0 Å². The summed E-state index contributed by atoms with van der Waals surface area (Å²) in [6, 6.07) is 0. The number of nitrogens with two attached hydrogens (primary N) is 1. The van der Waals surface area contributed by atoms with Crippen LogP contribution in [0.25, 0.3) is 0 Å². The molecule has 1 aliphatic carbocycles. The Kier molecular flexibility index (Phi) is 4.60. The van der Waals surface area contributed by atoms with Crippen LogP contribution in [0.5, 0.6) is 0 Å². The fourth-order valence-electron chi connectivity index (χ4n) is 3.30. The van der Waals surface area contributed by atoms with Gasteiger partial charge in [0.15, 0.2) is 0 Å². The van der Waals surface area contributed by atoms with Crippen LogP contribution in [0.2, 0.25) is 0 Å². The SMILES string of the molecule is NC(=S)C1(C(=O)N2CCCCCCC2)CCCC1. The molecule has 2 fully saturated rings. The zero-order chi connectivity index (χ0) is 13.0. The molecule has 1 aliphatic heterocycles. The highest BCUT2D eigenvalue weighted by Gasteiger charge is 2.45. The van der Waals surface area contributed by atoms with Gasteiger partial charge >= 0.3 is 0 Å². The van der Waals surface area contributed by atoms with Crippen molar-refractivity contribution in [1.82, 2.24) is 4.90 Å². The molecule has 2 N–H and O–H groups in total. The van der Waals surface area contributed by atoms with Gasteiger partial charge in [-0.05, 0) is 25.7 Å². The molecule has 1 amide bonds. The molecule has 2 aliphatic rings. The first-order valence-corrected chi connectivity index (χ1v) is 7.67.